The van der Waals surface area contributed by atoms with Crippen LogP contribution >= 0.6 is 0 Å². The van der Waals surface area contributed by atoms with Gasteiger partial charge in [-0.15, -0.1) is 0 Å². The highest BCUT2D eigenvalue weighted by Gasteiger charge is 2.94. The second-order valence-electron chi connectivity index (χ2n) is 9.73. The fourth-order valence-electron chi connectivity index (χ4n) is 7.45. The Morgan fingerprint density at radius 1 is 1.06 bits per heavy atom. The fourth-order valence-corrected chi connectivity index (χ4v) is 7.45. The first-order valence-electron chi connectivity index (χ1n) is 12.1. The second kappa shape index (κ2) is 7.03. The van der Waals surface area contributed by atoms with Crippen molar-refractivity contribution in [2.75, 3.05) is 13.2 Å². The molecule has 0 bridgehead atoms. The summed E-state index contributed by atoms with van der Waals surface area (Å²) in [4.78, 5) is 30.1. The maximum Gasteiger partial charge on any atom is 0.323 e. The molecule has 1 N–H and O–H groups in total. The lowest BCUT2D eigenvalue weighted by Gasteiger charge is -2.32. The lowest BCUT2D eigenvalue weighted by Crippen LogP contribution is -2.45. The number of hydrogen-bond donors (Lipinski definition) is 1. The quantitative estimate of drug-likeness (QED) is 0.469. The first-order chi connectivity index (χ1) is 17.1. The fraction of sp³-hybridized carbons (Fsp3) is 0.310. The third-order valence-electron chi connectivity index (χ3n) is 8.51. The number of amides is 1. The molecule has 2 aliphatic heterocycles. The first kappa shape index (κ1) is 20.9. The average Bonchev–Trinajstić information content (AvgIpc) is 3.11. The van der Waals surface area contributed by atoms with Crippen LogP contribution in [0.15, 0.2) is 72.8 Å². The number of aliphatic hydroxyl groups is 1. The van der Waals surface area contributed by atoms with Gasteiger partial charge in [0.2, 0.25) is 5.91 Å². The molecule has 7 rings (SSSR count). The van der Waals surface area contributed by atoms with Crippen molar-refractivity contribution >= 4 is 11.9 Å². The minimum atomic E-state index is -1.35. The van der Waals surface area contributed by atoms with E-state index in [1.54, 1.807) is 11.8 Å². The van der Waals surface area contributed by atoms with Crippen molar-refractivity contribution in [3.05, 3.63) is 95.1 Å². The van der Waals surface area contributed by atoms with Gasteiger partial charge in [-0.1, -0.05) is 72.8 Å². The highest BCUT2D eigenvalue weighted by Crippen LogP contribution is 2.83. The minimum absolute atomic E-state index is 0.118. The monoisotopic (exact) mass is 467 g/mol. The van der Waals surface area contributed by atoms with E-state index in [0.717, 1.165) is 33.4 Å². The third-order valence-corrected chi connectivity index (χ3v) is 8.51. The van der Waals surface area contributed by atoms with Gasteiger partial charge in [-0.05, 0) is 34.7 Å². The maximum atomic E-state index is 14.5. The van der Waals surface area contributed by atoms with Crippen LogP contribution in [0.25, 0.3) is 11.1 Å². The van der Waals surface area contributed by atoms with E-state index in [2.05, 4.69) is 0 Å². The van der Waals surface area contributed by atoms with Crippen LogP contribution < -0.4 is 0 Å². The number of aliphatic hydroxyl groups excluding tert-OH is 1. The zero-order valence-corrected chi connectivity index (χ0v) is 19.3. The predicted molar refractivity (Wildman–Crippen MR) is 127 cm³/mol. The van der Waals surface area contributed by atoms with E-state index >= 15 is 0 Å². The Hall–Kier alpha value is -3.48. The number of fused-ring (bicyclic) bond motifs is 10. The van der Waals surface area contributed by atoms with E-state index < -0.39 is 23.0 Å². The molecule has 6 nitrogen and oxygen atoms in total. The minimum Gasteiger partial charge on any atom is -0.465 e. The molecule has 5 atom stereocenters. The number of rotatable bonds is 4. The van der Waals surface area contributed by atoms with Gasteiger partial charge in [-0.25, -0.2) is 0 Å². The van der Waals surface area contributed by atoms with Crippen LogP contribution in [0.3, 0.4) is 0 Å². The molecule has 1 amide bonds. The summed E-state index contributed by atoms with van der Waals surface area (Å²) in [7, 11) is 0. The summed E-state index contributed by atoms with van der Waals surface area (Å²) in [6.45, 7) is 2.21. The number of hydrogen-bond acceptors (Lipinski definition) is 5. The van der Waals surface area contributed by atoms with Gasteiger partial charge in [-0.3, -0.25) is 9.59 Å². The van der Waals surface area contributed by atoms with Gasteiger partial charge in [0, 0.05) is 11.5 Å². The van der Waals surface area contributed by atoms with Crippen LogP contribution in [0, 0.1) is 11.3 Å². The van der Waals surface area contributed by atoms with E-state index in [1.807, 2.05) is 72.8 Å². The number of carbonyl (C=O) groups is 2. The van der Waals surface area contributed by atoms with Crippen molar-refractivity contribution in [3.8, 4) is 11.1 Å². The van der Waals surface area contributed by atoms with Crippen molar-refractivity contribution in [1.82, 2.24) is 4.90 Å². The highest BCUT2D eigenvalue weighted by atomic mass is 16.5. The Morgan fingerprint density at radius 2 is 1.80 bits per heavy atom. The molecule has 2 aliphatic carbocycles. The van der Waals surface area contributed by atoms with E-state index in [-0.39, 0.29) is 31.1 Å². The number of piperidine rings is 1. The molecule has 1 spiro atoms. The summed E-state index contributed by atoms with van der Waals surface area (Å²) in [5, 5.41) is 10.2. The Bertz CT molecular complexity index is 1390. The number of ether oxygens (including phenoxy) is 2. The standard InChI is InChI=1S/C29H25NO5/c1-2-34-27(33)29-24(22-16-35-25(30(22)26(29)32)17-9-4-3-5-10-17)28(29)20-13-7-6-12-19(20)23-18(15-31)11-8-14-21(23)28/h3-14,22,24-25,31H,2,15-16H2,1H3/t22-,24+,25-,28-,29-/m1/s1. The lowest BCUT2D eigenvalue weighted by atomic mass is 9.81. The molecular formula is C29H25NO5. The molecule has 1 saturated carbocycles. The molecule has 6 heteroatoms. The van der Waals surface area contributed by atoms with E-state index in [1.165, 1.54) is 0 Å². The molecule has 3 fully saturated rings. The average molecular weight is 468 g/mol. The zero-order valence-electron chi connectivity index (χ0n) is 19.3. The first-order valence-corrected chi connectivity index (χ1v) is 12.1. The van der Waals surface area contributed by atoms with Crippen LogP contribution in [0.4, 0.5) is 0 Å². The van der Waals surface area contributed by atoms with Gasteiger partial charge in [0.05, 0.1) is 31.3 Å². The van der Waals surface area contributed by atoms with Crippen LogP contribution in [0.5, 0.6) is 0 Å². The Balaban J connectivity index is 1.47. The number of esters is 1. The highest BCUT2D eigenvalue weighted by molar-refractivity contribution is 6.15. The van der Waals surface area contributed by atoms with Crippen molar-refractivity contribution in [2.45, 2.75) is 31.2 Å². The van der Waals surface area contributed by atoms with E-state index in [4.69, 9.17) is 9.47 Å². The summed E-state index contributed by atoms with van der Waals surface area (Å²) in [5.41, 5.74) is 3.32. The molecule has 35 heavy (non-hydrogen) atoms. The Labute approximate surface area is 203 Å². The third kappa shape index (κ3) is 2.19. The predicted octanol–water partition coefficient (Wildman–Crippen LogP) is 3.56. The molecule has 0 aromatic heterocycles. The topological polar surface area (TPSA) is 76.1 Å². The largest absolute Gasteiger partial charge is 0.465 e. The van der Waals surface area contributed by atoms with Crippen molar-refractivity contribution in [1.29, 1.82) is 0 Å². The van der Waals surface area contributed by atoms with Crippen LogP contribution in [0.1, 0.15) is 35.4 Å². The molecule has 2 saturated heterocycles. The maximum absolute atomic E-state index is 14.5. The zero-order chi connectivity index (χ0) is 23.9. The Kier molecular flexibility index (Phi) is 4.19. The summed E-state index contributed by atoms with van der Waals surface area (Å²) in [6.07, 6.45) is -0.523. The summed E-state index contributed by atoms with van der Waals surface area (Å²) < 4.78 is 11.8. The van der Waals surface area contributed by atoms with Gasteiger partial charge in [0.15, 0.2) is 11.6 Å². The summed E-state index contributed by atoms with van der Waals surface area (Å²) in [6, 6.07) is 23.2. The molecular weight excluding hydrogens is 442 g/mol. The summed E-state index contributed by atoms with van der Waals surface area (Å²) >= 11 is 0. The number of benzene rings is 3. The number of nitrogens with zero attached hydrogens (tertiary/aromatic N) is 1. The van der Waals surface area contributed by atoms with Crippen LogP contribution in [0.2, 0.25) is 0 Å². The molecule has 2 heterocycles. The van der Waals surface area contributed by atoms with Gasteiger partial charge in [0.25, 0.3) is 0 Å². The van der Waals surface area contributed by atoms with Gasteiger partial charge in [-0.2, -0.15) is 0 Å². The molecule has 0 radical (unpaired) electrons. The van der Waals surface area contributed by atoms with Crippen molar-refractivity contribution < 1.29 is 24.2 Å². The van der Waals surface area contributed by atoms with Gasteiger partial charge in [0.1, 0.15) is 0 Å². The molecule has 0 unspecified atom stereocenters. The molecule has 176 valence electrons. The van der Waals surface area contributed by atoms with Gasteiger partial charge < -0.3 is 19.5 Å². The van der Waals surface area contributed by atoms with Crippen molar-refractivity contribution in [2.24, 2.45) is 11.3 Å². The SMILES string of the molecule is CCOC(=O)[C@]12C(=O)N3[C@@H](c4ccccc4)OC[C@@H]3[C@H]1[C@]21c2ccccc2-c2c(CO)cccc21. The Morgan fingerprint density at radius 3 is 2.57 bits per heavy atom. The smallest absolute Gasteiger partial charge is 0.323 e. The van der Waals surface area contributed by atoms with Gasteiger partial charge >= 0.3 is 5.97 Å². The van der Waals surface area contributed by atoms with Crippen molar-refractivity contribution in [3.63, 3.8) is 0 Å². The lowest BCUT2D eigenvalue weighted by molar-refractivity contribution is -0.159. The summed E-state index contributed by atoms with van der Waals surface area (Å²) in [5.74, 6) is -1.01. The molecule has 3 aromatic carbocycles. The second-order valence-corrected chi connectivity index (χ2v) is 9.73. The normalized spacial score (nSPS) is 31.2. The molecule has 4 aliphatic rings. The van der Waals surface area contributed by atoms with E-state index in [0.29, 0.717) is 6.61 Å². The molecule has 3 aromatic rings. The van der Waals surface area contributed by atoms with Crippen LogP contribution in [-0.4, -0.2) is 41.1 Å². The van der Waals surface area contributed by atoms with E-state index in [9.17, 15) is 14.7 Å². The number of carbonyl (C=O) groups excluding carboxylic acids is 2. The van der Waals surface area contributed by atoms with Crippen LogP contribution in [-0.2, 0) is 31.1 Å².